The van der Waals surface area contributed by atoms with Gasteiger partial charge in [-0.1, -0.05) is 91.0 Å². The molecule has 0 bridgehead atoms. The zero-order valence-corrected chi connectivity index (χ0v) is 29.1. The second-order valence-electron chi connectivity index (χ2n) is 12.5. The third-order valence-corrected chi connectivity index (χ3v) is 8.43. The van der Waals surface area contributed by atoms with E-state index in [9.17, 15) is 24.0 Å². The van der Waals surface area contributed by atoms with Crippen LogP contribution in [0.3, 0.4) is 0 Å². The van der Waals surface area contributed by atoms with E-state index in [1.807, 2.05) is 95.9 Å². The van der Waals surface area contributed by atoms with E-state index in [2.05, 4.69) is 16.0 Å². The highest BCUT2D eigenvalue weighted by atomic mass is 16.5. The van der Waals surface area contributed by atoms with Crippen LogP contribution in [0.2, 0.25) is 0 Å². The van der Waals surface area contributed by atoms with Crippen molar-refractivity contribution in [1.82, 2.24) is 20.9 Å². The van der Waals surface area contributed by atoms with Gasteiger partial charge in [-0.05, 0) is 55.3 Å². The largest absolute Gasteiger partial charge is 0.461 e. The topological polar surface area (TPSA) is 152 Å². The first-order chi connectivity index (χ1) is 24.8. The number of benzene rings is 3. The van der Waals surface area contributed by atoms with Crippen molar-refractivity contribution in [2.24, 2.45) is 0 Å². The molecule has 3 aromatic carbocycles. The lowest BCUT2D eigenvalue weighted by Crippen LogP contribution is -2.53. The third-order valence-electron chi connectivity index (χ3n) is 8.43. The van der Waals surface area contributed by atoms with Crippen LogP contribution in [0.5, 0.6) is 0 Å². The van der Waals surface area contributed by atoms with Crippen LogP contribution in [0.25, 0.3) is 0 Å². The minimum Gasteiger partial charge on any atom is -0.461 e. The van der Waals surface area contributed by atoms with Crippen molar-refractivity contribution in [3.05, 3.63) is 108 Å². The van der Waals surface area contributed by atoms with Gasteiger partial charge in [0.1, 0.15) is 31.9 Å². The first kappa shape index (κ1) is 38.6. The van der Waals surface area contributed by atoms with Crippen LogP contribution in [-0.4, -0.2) is 72.5 Å². The number of alkyl carbamates (subject to hydrolysis) is 1. The summed E-state index contributed by atoms with van der Waals surface area (Å²) in [4.78, 5) is 65.7. The predicted octanol–water partition coefficient (Wildman–Crippen LogP) is 4.41. The molecule has 0 aliphatic carbocycles. The van der Waals surface area contributed by atoms with Crippen molar-refractivity contribution >= 4 is 29.8 Å². The van der Waals surface area contributed by atoms with Gasteiger partial charge >= 0.3 is 18.0 Å². The number of likely N-dealkylation sites (tertiary alicyclic amines) is 1. The molecule has 0 unspecified atom stereocenters. The van der Waals surface area contributed by atoms with Crippen molar-refractivity contribution in [2.45, 2.75) is 83.4 Å². The smallest absolute Gasteiger partial charge is 0.407 e. The number of carbonyl (C=O) groups excluding carboxylic acids is 5. The lowest BCUT2D eigenvalue weighted by atomic mass is 10.1. The predicted molar refractivity (Wildman–Crippen MR) is 190 cm³/mol. The molecular formula is C39H48N4O8. The first-order valence-corrected chi connectivity index (χ1v) is 17.4. The number of rotatable bonds is 19. The summed E-state index contributed by atoms with van der Waals surface area (Å²) in [6.07, 6.45) is 2.31. The number of ether oxygens (including phenoxy) is 3. The molecule has 1 saturated heterocycles. The number of hydrogen-bond acceptors (Lipinski definition) is 9. The molecule has 3 N–H and O–H groups in total. The minimum atomic E-state index is -1.15. The number of esters is 2. The molecule has 1 fully saturated rings. The van der Waals surface area contributed by atoms with Gasteiger partial charge in [0.2, 0.25) is 11.8 Å². The van der Waals surface area contributed by atoms with E-state index in [-0.39, 0.29) is 32.2 Å². The van der Waals surface area contributed by atoms with Gasteiger partial charge in [0.05, 0.1) is 6.42 Å². The van der Waals surface area contributed by atoms with Gasteiger partial charge in [0, 0.05) is 26.1 Å². The maximum atomic E-state index is 13.6. The van der Waals surface area contributed by atoms with Crippen molar-refractivity contribution in [3.8, 4) is 0 Å². The summed E-state index contributed by atoms with van der Waals surface area (Å²) in [6, 6.07) is 26.0. The Kier molecular flexibility index (Phi) is 16.0. The fourth-order valence-corrected chi connectivity index (χ4v) is 5.83. The van der Waals surface area contributed by atoms with E-state index in [1.165, 1.54) is 6.92 Å². The fraction of sp³-hybridized carbons (Fsp3) is 0.410. The average Bonchev–Trinajstić information content (AvgIpc) is 3.61. The van der Waals surface area contributed by atoms with Gasteiger partial charge in [-0.3, -0.25) is 24.1 Å². The maximum Gasteiger partial charge on any atom is 0.407 e. The molecule has 0 saturated carbocycles. The zero-order chi connectivity index (χ0) is 36.3. The molecule has 1 aliphatic heterocycles. The van der Waals surface area contributed by atoms with Crippen molar-refractivity contribution in [1.29, 1.82) is 0 Å². The molecular weight excluding hydrogens is 652 g/mol. The molecule has 51 heavy (non-hydrogen) atoms. The van der Waals surface area contributed by atoms with Gasteiger partial charge in [0.15, 0.2) is 0 Å². The van der Waals surface area contributed by atoms with Gasteiger partial charge < -0.3 is 30.2 Å². The Morgan fingerprint density at radius 3 is 1.90 bits per heavy atom. The Morgan fingerprint density at radius 2 is 1.31 bits per heavy atom. The number of unbranched alkanes of at least 4 members (excludes halogenated alkanes) is 1. The molecule has 0 aromatic heterocycles. The highest BCUT2D eigenvalue weighted by Crippen LogP contribution is 2.21. The molecule has 3 amide bonds. The van der Waals surface area contributed by atoms with Gasteiger partial charge in [0.25, 0.3) is 0 Å². The Hall–Kier alpha value is -5.23. The Balaban J connectivity index is 1.34. The molecule has 4 rings (SSSR count). The van der Waals surface area contributed by atoms with E-state index in [0.717, 1.165) is 23.1 Å². The molecule has 0 spiro atoms. The van der Waals surface area contributed by atoms with E-state index in [1.54, 1.807) is 0 Å². The summed E-state index contributed by atoms with van der Waals surface area (Å²) in [6.45, 7) is 3.03. The molecule has 272 valence electrons. The standard InChI is InChI=1S/C39H48N4O8/c1-29(44)41-34(24-36(45)49-26-30-14-5-2-6-15-30)37(46)42-33(20-11-12-22-40-39(48)51-28-32-18-9-4-10-19-32)25-43-23-13-21-35(43)38(47)50-27-31-16-7-3-8-17-31/h2-10,14-19,33-35H,11-13,20-28H2,1H3,(H,40,48)(H,41,44)(H,42,46)/t33-,34-,35-/m0/s1. The Bertz CT molecular complexity index is 1540. The molecule has 12 heteroatoms. The van der Waals surface area contributed by atoms with Gasteiger partial charge in [-0.2, -0.15) is 0 Å². The lowest BCUT2D eigenvalue weighted by Gasteiger charge is -2.29. The van der Waals surface area contributed by atoms with Crippen molar-refractivity contribution in [3.63, 3.8) is 0 Å². The summed E-state index contributed by atoms with van der Waals surface area (Å²) in [5, 5.41) is 8.35. The number of nitrogens with zero attached hydrogens (tertiary/aromatic N) is 1. The molecule has 1 aliphatic rings. The summed E-state index contributed by atoms with van der Waals surface area (Å²) in [5.41, 5.74) is 2.58. The van der Waals surface area contributed by atoms with Gasteiger partial charge in [-0.25, -0.2) is 4.79 Å². The Labute approximate surface area is 299 Å². The van der Waals surface area contributed by atoms with Crippen molar-refractivity contribution in [2.75, 3.05) is 19.6 Å². The quantitative estimate of drug-likeness (QED) is 0.0938. The molecule has 1 heterocycles. The molecule has 12 nitrogen and oxygen atoms in total. The number of hydrogen-bond donors (Lipinski definition) is 3. The van der Waals surface area contributed by atoms with Gasteiger partial charge in [-0.15, -0.1) is 0 Å². The molecule has 3 atom stereocenters. The monoisotopic (exact) mass is 700 g/mol. The summed E-state index contributed by atoms with van der Waals surface area (Å²) < 4.78 is 16.3. The highest BCUT2D eigenvalue weighted by molar-refractivity contribution is 5.90. The van der Waals surface area contributed by atoms with Crippen molar-refractivity contribution < 1.29 is 38.2 Å². The van der Waals surface area contributed by atoms with Crippen LogP contribution in [0, 0.1) is 0 Å². The second-order valence-corrected chi connectivity index (χ2v) is 12.5. The SMILES string of the molecule is CC(=O)N[C@@H](CC(=O)OCc1ccccc1)C(=O)N[C@@H](CCCCNC(=O)OCc1ccccc1)CN1CCC[C@H]1C(=O)OCc1ccccc1. The van der Waals surface area contributed by atoms with Crippen LogP contribution in [0.1, 0.15) is 62.1 Å². The second kappa shape index (κ2) is 21.1. The number of nitrogens with one attached hydrogen (secondary N) is 3. The molecule has 3 aromatic rings. The third kappa shape index (κ3) is 14.3. The number of carbonyl (C=O) groups is 5. The van der Waals surface area contributed by atoms with E-state index < -0.39 is 42.0 Å². The lowest BCUT2D eigenvalue weighted by molar-refractivity contribution is -0.150. The van der Waals surface area contributed by atoms with E-state index in [4.69, 9.17) is 14.2 Å². The van der Waals surface area contributed by atoms with Crippen LogP contribution >= 0.6 is 0 Å². The van der Waals surface area contributed by atoms with E-state index >= 15 is 0 Å². The summed E-state index contributed by atoms with van der Waals surface area (Å²) in [5.74, 6) is -1.95. The normalized spacial score (nSPS) is 15.2. The summed E-state index contributed by atoms with van der Waals surface area (Å²) in [7, 11) is 0. The average molecular weight is 701 g/mol. The van der Waals surface area contributed by atoms with Crippen LogP contribution in [0.4, 0.5) is 4.79 Å². The number of amides is 3. The Morgan fingerprint density at radius 1 is 0.745 bits per heavy atom. The summed E-state index contributed by atoms with van der Waals surface area (Å²) >= 11 is 0. The minimum absolute atomic E-state index is 0.0429. The molecule has 0 radical (unpaired) electrons. The van der Waals surface area contributed by atoms with E-state index in [0.29, 0.717) is 45.3 Å². The zero-order valence-electron chi connectivity index (χ0n) is 29.1. The van der Waals surface area contributed by atoms with Crippen LogP contribution in [-0.2, 0) is 53.2 Å². The first-order valence-electron chi connectivity index (χ1n) is 17.4. The fourth-order valence-electron chi connectivity index (χ4n) is 5.83. The van der Waals surface area contributed by atoms with Crippen LogP contribution in [0.15, 0.2) is 91.0 Å². The van der Waals surface area contributed by atoms with Crippen LogP contribution < -0.4 is 16.0 Å². The maximum absolute atomic E-state index is 13.6. The highest BCUT2D eigenvalue weighted by Gasteiger charge is 2.34.